The van der Waals surface area contributed by atoms with E-state index in [1.54, 1.807) is 6.92 Å². The molecular formula is C7H10O3S2. The zero-order valence-corrected chi connectivity index (χ0v) is 8.59. The van der Waals surface area contributed by atoms with Crippen molar-refractivity contribution in [2.24, 2.45) is 0 Å². The maximum atomic E-state index is 11.4. The average Bonchev–Trinajstić information content (AvgIpc) is 2.50. The summed E-state index contributed by atoms with van der Waals surface area (Å²) >= 11 is 3.02. The number of ether oxygens (including phenoxy) is 1. The predicted octanol–water partition coefficient (Wildman–Crippen LogP) is 0.925. The largest absolute Gasteiger partial charge is 0.463 e. The van der Waals surface area contributed by atoms with Gasteiger partial charge in [-0.15, -0.1) is 23.5 Å². The minimum Gasteiger partial charge on any atom is -0.463 e. The molecule has 1 aliphatic heterocycles. The van der Waals surface area contributed by atoms with Gasteiger partial charge in [-0.05, 0) is 6.92 Å². The van der Waals surface area contributed by atoms with Crippen molar-refractivity contribution in [1.82, 2.24) is 0 Å². The zero-order valence-electron chi connectivity index (χ0n) is 6.96. The molecule has 12 heavy (non-hydrogen) atoms. The Kier molecular flexibility index (Phi) is 3.06. The van der Waals surface area contributed by atoms with E-state index in [0.717, 1.165) is 11.5 Å². The van der Waals surface area contributed by atoms with Crippen LogP contribution in [0.3, 0.4) is 0 Å². The molecule has 1 saturated heterocycles. The lowest BCUT2D eigenvalue weighted by Gasteiger charge is -2.17. The molecule has 1 rings (SSSR count). The van der Waals surface area contributed by atoms with Gasteiger partial charge in [-0.2, -0.15) is 0 Å². The first-order valence-corrected chi connectivity index (χ1v) is 5.48. The molecule has 3 nitrogen and oxygen atoms in total. The summed E-state index contributed by atoms with van der Waals surface area (Å²) in [6.45, 7) is 1.77. The second-order valence-corrected chi connectivity index (χ2v) is 5.75. The molecule has 0 unspecified atom stereocenters. The van der Waals surface area contributed by atoms with Crippen molar-refractivity contribution < 1.29 is 14.3 Å². The van der Waals surface area contributed by atoms with Gasteiger partial charge in [0.15, 0.2) is 0 Å². The Balaban J connectivity index is 2.68. The Hall–Kier alpha value is -0.160. The molecule has 1 heterocycles. The summed E-state index contributed by atoms with van der Waals surface area (Å²) in [5, 5.41) is 0. The van der Waals surface area contributed by atoms with Gasteiger partial charge >= 0.3 is 5.97 Å². The highest BCUT2D eigenvalue weighted by molar-refractivity contribution is 8.22. The fourth-order valence-corrected chi connectivity index (χ4v) is 3.63. The first kappa shape index (κ1) is 9.92. The van der Waals surface area contributed by atoms with Gasteiger partial charge in [0.05, 0.1) is 7.11 Å². The van der Waals surface area contributed by atoms with E-state index in [0.29, 0.717) is 0 Å². The molecule has 0 saturated carbocycles. The third kappa shape index (κ3) is 1.77. The van der Waals surface area contributed by atoms with E-state index in [2.05, 4.69) is 4.74 Å². The van der Waals surface area contributed by atoms with Gasteiger partial charge in [0.1, 0.15) is 4.08 Å². The highest BCUT2D eigenvalue weighted by atomic mass is 32.2. The van der Waals surface area contributed by atoms with Crippen LogP contribution in [0, 0.1) is 0 Å². The van der Waals surface area contributed by atoms with Crippen LogP contribution in [0.5, 0.6) is 0 Å². The summed E-state index contributed by atoms with van der Waals surface area (Å²) in [5.41, 5.74) is 0. The number of rotatable bonds is 2. The summed E-state index contributed by atoms with van der Waals surface area (Å²) < 4.78 is 3.77. The number of ketones is 1. The standard InChI is InChI=1S/C7H10O3S2/c1-7(11-3-4-12-7)5(8)6(9)10-2/h3-4H2,1-2H3. The van der Waals surface area contributed by atoms with Crippen molar-refractivity contribution in [3.8, 4) is 0 Å². The average molecular weight is 206 g/mol. The minimum absolute atomic E-state index is 0.433. The first-order valence-electron chi connectivity index (χ1n) is 3.51. The third-order valence-corrected chi connectivity index (χ3v) is 4.88. The number of thioether (sulfide) groups is 2. The maximum Gasteiger partial charge on any atom is 0.376 e. The molecule has 0 aromatic heterocycles. The van der Waals surface area contributed by atoms with E-state index < -0.39 is 15.8 Å². The Morgan fingerprint density at radius 2 is 1.83 bits per heavy atom. The number of methoxy groups -OCH3 is 1. The Labute approximate surface area is 79.6 Å². The lowest BCUT2D eigenvalue weighted by molar-refractivity contribution is -0.151. The number of hydrogen-bond donors (Lipinski definition) is 0. The number of Topliss-reactive ketones (excluding diaryl/α,β-unsaturated/α-hetero) is 1. The van der Waals surface area contributed by atoms with Crippen molar-refractivity contribution in [2.45, 2.75) is 11.0 Å². The van der Waals surface area contributed by atoms with Gasteiger partial charge in [0.25, 0.3) is 5.78 Å². The van der Waals surface area contributed by atoms with Gasteiger partial charge in [-0.25, -0.2) is 4.79 Å². The van der Waals surface area contributed by atoms with Crippen molar-refractivity contribution in [2.75, 3.05) is 18.6 Å². The first-order chi connectivity index (χ1) is 5.60. The molecule has 0 aromatic rings. The monoisotopic (exact) mass is 206 g/mol. The Bertz CT molecular complexity index is 209. The number of carbonyl (C=O) groups excluding carboxylic acids is 2. The van der Waals surface area contributed by atoms with Crippen molar-refractivity contribution >= 4 is 35.3 Å². The van der Waals surface area contributed by atoms with Gasteiger partial charge in [-0.3, -0.25) is 4.79 Å². The van der Waals surface area contributed by atoms with Crippen LogP contribution in [-0.2, 0) is 14.3 Å². The molecule has 0 aromatic carbocycles. The highest BCUT2D eigenvalue weighted by Crippen LogP contribution is 2.44. The smallest absolute Gasteiger partial charge is 0.376 e. The number of hydrogen-bond acceptors (Lipinski definition) is 5. The summed E-state index contributed by atoms with van der Waals surface area (Å²) in [6, 6.07) is 0. The molecule has 1 fully saturated rings. The van der Waals surface area contributed by atoms with E-state index >= 15 is 0 Å². The molecule has 0 atom stereocenters. The number of carbonyl (C=O) groups is 2. The normalized spacial score (nSPS) is 20.5. The number of esters is 1. The minimum atomic E-state index is -0.737. The Morgan fingerprint density at radius 1 is 1.33 bits per heavy atom. The van der Waals surface area contributed by atoms with Crippen LogP contribution in [0.4, 0.5) is 0 Å². The van der Waals surface area contributed by atoms with Crippen LogP contribution in [0.2, 0.25) is 0 Å². The van der Waals surface area contributed by atoms with Crippen LogP contribution in [0.1, 0.15) is 6.92 Å². The molecule has 0 spiro atoms. The molecular weight excluding hydrogens is 196 g/mol. The highest BCUT2D eigenvalue weighted by Gasteiger charge is 2.42. The maximum absolute atomic E-state index is 11.4. The molecule has 0 N–H and O–H groups in total. The molecule has 5 heteroatoms. The molecule has 0 bridgehead atoms. The molecule has 0 radical (unpaired) electrons. The second-order valence-electron chi connectivity index (χ2n) is 2.46. The van der Waals surface area contributed by atoms with Crippen LogP contribution in [0.15, 0.2) is 0 Å². The van der Waals surface area contributed by atoms with E-state index in [1.165, 1.54) is 30.6 Å². The van der Waals surface area contributed by atoms with Gasteiger partial charge in [-0.1, -0.05) is 0 Å². The molecule has 0 aliphatic carbocycles. The lowest BCUT2D eigenvalue weighted by Crippen LogP contribution is -2.33. The predicted molar refractivity (Wildman–Crippen MR) is 50.3 cm³/mol. The summed E-state index contributed by atoms with van der Waals surface area (Å²) in [6.07, 6.45) is 0. The topological polar surface area (TPSA) is 43.4 Å². The van der Waals surface area contributed by atoms with Gasteiger partial charge < -0.3 is 4.74 Å². The van der Waals surface area contributed by atoms with Gasteiger partial charge in [0.2, 0.25) is 0 Å². The van der Waals surface area contributed by atoms with E-state index in [9.17, 15) is 9.59 Å². The lowest BCUT2D eigenvalue weighted by atomic mass is 10.3. The van der Waals surface area contributed by atoms with Gasteiger partial charge in [0, 0.05) is 11.5 Å². The SMILES string of the molecule is COC(=O)C(=O)C1(C)SCCS1. The fourth-order valence-electron chi connectivity index (χ4n) is 0.924. The second kappa shape index (κ2) is 3.70. The fraction of sp³-hybridized carbons (Fsp3) is 0.714. The van der Waals surface area contributed by atoms with Crippen LogP contribution < -0.4 is 0 Å². The van der Waals surface area contributed by atoms with Crippen LogP contribution in [-0.4, -0.2) is 34.4 Å². The summed E-state index contributed by atoms with van der Waals surface area (Å²) in [7, 11) is 1.23. The van der Waals surface area contributed by atoms with Crippen molar-refractivity contribution in [3.63, 3.8) is 0 Å². The van der Waals surface area contributed by atoms with Crippen molar-refractivity contribution in [1.29, 1.82) is 0 Å². The van der Waals surface area contributed by atoms with E-state index in [4.69, 9.17) is 0 Å². The molecule has 1 aliphatic rings. The Morgan fingerprint density at radius 3 is 2.25 bits per heavy atom. The molecule has 0 amide bonds. The van der Waals surface area contributed by atoms with Crippen molar-refractivity contribution in [3.05, 3.63) is 0 Å². The summed E-state index contributed by atoms with van der Waals surface area (Å²) in [4.78, 5) is 22.3. The third-order valence-electron chi connectivity index (χ3n) is 1.62. The zero-order chi connectivity index (χ0) is 9.19. The van der Waals surface area contributed by atoms with Crippen LogP contribution >= 0.6 is 23.5 Å². The molecule has 68 valence electrons. The van der Waals surface area contributed by atoms with E-state index in [-0.39, 0.29) is 0 Å². The van der Waals surface area contributed by atoms with E-state index in [1.807, 2.05) is 0 Å². The quantitative estimate of drug-likeness (QED) is 0.496. The van der Waals surface area contributed by atoms with Crippen LogP contribution in [0.25, 0.3) is 0 Å². The summed E-state index contributed by atoms with van der Waals surface area (Å²) in [5.74, 6) is 0.672.